The monoisotopic (exact) mass is 411 g/mol. The molecule has 2 fully saturated rings. The van der Waals surface area contributed by atoms with Gasteiger partial charge in [0.15, 0.2) is 5.82 Å². The van der Waals surface area contributed by atoms with E-state index in [1.54, 1.807) is 4.68 Å². The van der Waals surface area contributed by atoms with Crippen LogP contribution in [0.15, 0.2) is 24.3 Å². The molecular weight excluding hydrogens is 378 g/mol. The van der Waals surface area contributed by atoms with Gasteiger partial charge in [-0.25, -0.2) is 4.68 Å². The number of hydrogen-bond donors (Lipinski definition) is 0. The number of aryl methyl sites for hydroxylation is 1. The number of carbonyl (C=O) groups is 1. The summed E-state index contributed by atoms with van der Waals surface area (Å²) in [5, 5.41) is 12.1. The Morgan fingerprint density at radius 3 is 2.47 bits per heavy atom. The number of aromatic nitrogens is 4. The van der Waals surface area contributed by atoms with Crippen molar-refractivity contribution in [3.05, 3.63) is 35.7 Å². The largest absolute Gasteiger partial charge is 0.368 e. The van der Waals surface area contributed by atoms with Crippen molar-refractivity contribution in [2.75, 3.05) is 37.6 Å². The van der Waals surface area contributed by atoms with Crippen molar-refractivity contribution < 1.29 is 4.79 Å². The number of carbonyl (C=O) groups excluding carboxylic acids is 1. The number of nitrogens with zero attached hydrogens (tertiary/aromatic N) is 7. The number of benzene rings is 1. The van der Waals surface area contributed by atoms with Gasteiger partial charge in [0.1, 0.15) is 6.54 Å². The Hall–Kier alpha value is -2.48. The first-order chi connectivity index (χ1) is 14.6. The van der Waals surface area contributed by atoms with Gasteiger partial charge in [0, 0.05) is 31.4 Å². The van der Waals surface area contributed by atoms with E-state index < -0.39 is 0 Å². The summed E-state index contributed by atoms with van der Waals surface area (Å²) in [6, 6.07) is 8.76. The molecule has 0 saturated carbocycles. The van der Waals surface area contributed by atoms with Crippen LogP contribution in [0, 0.1) is 6.92 Å². The summed E-state index contributed by atoms with van der Waals surface area (Å²) in [6.07, 6.45) is 5.05. The van der Waals surface area contributed by atoms with E-state index >= 15 is 0 Å². The molecule has 8 heteroatoms. The molecule has 0 bridgehead atoms. The molecule has 162 valence electrons. The lowest BCUT2D eigenvalue weighted by Crippen LogP contribution is -2.55. The summed E-state index contributed by atoms with van der Waals surface area (Å²) >= 11 is 0. The molecule has 0 N–H and O–H groups in total. The van der Waals surface area contributed by atoms with E-state index in [0.717, 1.165) is 45.1 Å². The molecule has 1 atom stereocenters. The molecule has 2 aliphatic heterocycles. The highest BCUT2D eigenvalue weighted by Gasteiger charge is 2.28. The van der Waals surface area contributed by atoms with Crippen LogP contribution in [0.5, 0.6) is 0 Å². The Bertz CT molecular complexity index is 826. The van der Waals surface area contributed by atoms with Crippen molar-refractivity contribution in [1.29, 1.82) is 0 Å². The minimum atomic E-state index is 0.0930. The Kier molecular flexibility index (Phi) is 6.62. The van der Waals surface area contributed by atoms with Gasteiger partial charge in [0.25, 0.3) is 0 Å². The van der Waals surface area contributed by atoms with Gasteiger partial charge in [0.2, 0.25) is 5.91 Å². The number of piperazine rings is 1. The number of amides is 1. The van der Waals surface area contributed by atoms with Crippen LogP contribution >= 0.6 is 0 Å². The fourth-order valence-electron chi connectivity index (χ4n) is 4.49. The van der Waals surface area contributed by atoms with Gasteiger partial charge in [-0.05, 0) is 62.3 Å². The third kappa shape index (κ3) is 4.98. The zero-order chi connectivity index (χ0) is 20.9. The number of hydrogen-bond acceptors (Lipinski definition) is 6. The molecule has 2 saturated heterocycles. The van der Waals surface area contributed by atoms with E-state index in [1.807, 2.05) is 4.90 Å². The molecule has 8 nitrogen and oxygen atoms in total. The molecular formula is C22H33N7O. The first kappa shape index (κ1) is 20.8. The average molecular weight is 412 g/mol. The zero-order valence-electron chi connectivity index (χ0n) is 18.2. The normalized spacial score (nSPS) is 20.9. The molecule has 3 heterocycles. The van der Waals surface area contributed by atoms with E-state index in [-0.39, 0.29) is 18.5 Å². The molecule has 1 aromatic carbocycles. The quantitative estimate of drug-likeness (QED) is 0.750. The number of rotatable bonds is 5. The van der Waals surface area contributed by atoms with Gasteiger partial charge in [0.05, 0.1) is 6.54 Å². The molecule has 0 spiro atoms. The molecule has 4 rings (SSSR count). The number of tetrazole rings is 1. The highest BCUT2D eigenvalue weighted by atomic mass is 16.2. The second-order valence-corrected chi connectivity index (χ2v) is 8.66. The predicted molar refractivity (Wildman–Crippen MR) is 116 cm³/mol. The molecule has 0 radical (unpaired) electrons. The smallest absolute Gasteiger partial charge is 0.244 e. The summed E-state index contributed by atoms with van der Waals surface area (Å²) < 4.78 is 1.69. The average Bonchev–Trinajstić information content (AvgIpc) is 3.00. The second kappa shape index (κ2) is 9.55. The van der Waals surface area contributed by atoms with E-state index in [1.165, 1.54) is 36.9 Å². The Labute approximate surface area is 178 Å². The third-order valence-electron chi connectivity index (χ3n) is 6.30. The van der Waals surface area contributed by atoms with Crippen LogP contribution in [0.25, 0.3) is 0 Å². The van der Waals surface area contributed by atoms with Crippen LogP contribution in [0.3, 0.4) is 0 Å². The summed E-state index contributed by atoms with van der Waals surface area (Å²) in [7, 11) is 0. The molecule has 1 unspecified atom stereocenters. The minimum absolute atomic E-state index is 0.0930. The summed E-state index contributed by atoms with van der Waals surface area (Å²) in [4.78, 5) is 19.8. The van der Waals surface area contributed by atoms with Crippen LogP contribution in [0.2, 0.25) is 0 Å². The lowest BCUT2D eigenvalue weighted by Gasteiger charge is -2.41. The van der Waals surface area contributed by atoms with Gasteiger partial charge >= 0.3 is 0 Å². The molecule has 0 aliphatic carbocycles. The molecule has 1 aromatic heterocycles. The first-order valence-electron chi connectivity index (χ1n) is 11.2. The fraction of sp³-hybridized carbons (Fsp3) is 0.636. The van der Waals surface area contributed by atoms with Gasteiger partial charge in [-0.15, -0.1) is 5.10 Å². The maximum absolute atomic E-state index is 13.0. The van der Waals surface area contributed by atoms with Crippen LogP contribution in [0.4, 0.5) is 5.69 Å². The first-order valence-corrected chi connectivity index (χ1v) is 11.2. The summed E-state index contributed by atoms with van der Waals surface area (Å²) in [5.74, 6) is 0.881. The standard InChI is InChI=1S/C22H33N7O/c1-18-7-9-20(10-8-18)27-13-14-28(19(2)15-27)22(30)17-29-21(23-24-25-29)16-26-11-5-3-4-6-12-26/h7-10,19H,3-6,11-17H2,1-2H3. The Balaban J connectivity index is 1.34. The van der Waals surface area contributed by atoms with E-state index in [4.69, 9.17) is 0 Å². The highest BCUT2D eigenvalue weighted by Crippen LogP contribution is 2.20. The number of anilines is 1. The maximum atomic E-state index is 13.0. The lowest BCUT2D eigenvalue weighted by molar-refractivity contribution is -0.134. The Morgan fingerprint density at radius 1 is 1.03 bits per heavy atom. The van der Waals surface area contributed by atoms with Crippen molar-refractivity contribution >= 4 is 11.6 Å². The van der Waals surface area contributed by atoms with E-state index in [0.29, 0.717) is 0 Å². The van der Waals surface area contributed by atoms with Gasteiger partial charge < -0.3 is 9.80 Å². The van der Waals surface area contributed by atoms with Gasteiger partial charge in [-0.3, -0.25) is 9.69 Å². The third-order valence-corrected chi connectivity index (χ3v) is 6.30. The lowest BCUT2D eigenvalue weighted by atomic mass is 10.1. The SMILES string of the molecule is Cc1ccc(N2CCN(C(=O)Cn3nnnc3CN3CCCCCC3)C(C)C2)cc1. The van der Waals surface area contributed by atoms with Crippen molar-refractivity contribution in [3.63, 3.8) is 0 Å². The number of likely N-dealkylation sites (tertiary alicyclic amines) is 1. The van der Waals surface area contributed by atoms with Crippen LogP contribution in [-0.4, -0.2) is 74.7 Å². The van der Waals surface area contributed by atoms with E-state index in [2.05, 4.69) is 63.4 Å². The molecule has 30 heavy (non-hydrogen) atoms. The minimum Gasteiger partial charge on any atom is -0.368 e. The van der Waals surface area contributed by atoms with Crippen molar-refractivity contribution in [1.82, 2.24) is 30.0 Å². The highest BCUT2D eigenvalue weighted by molar-refractivity contribution is 5.76. The van der Waals surface area contributed by atoms with Crippen molar-refractivity contribution in [2.24, 2.45) is 0 Å². The van der Waals surface area contributed by atoms with Crippen LogP contribution in [0.1, 0.15) is 44.0 Å². The maximum Gasteiger partial charge on any atom is 0.244 e. The van der Waals surface area contributed by atoms with Crippen molar-refractivity contribution in [3.8, 4) is 0 Å². The molecule has 1 amide bonds. The molecule has 2 aromatic rings. The van der Waals surface area contributed by atoms with Crippen LogP contribution < -0.4 is 4.90 Å². The van der Waals surface area contributed by atoms with Gasteiger partial charge in [-0.1, -0.05) is 30.5 Å². The topological polar surface area (TPSA) is 70.4 Å². The molecule has 2 aliphatic rings. The van der Waals surface area contributed by atoms with Crippen molar-refractivity contribution in [2.45, 2.75) is 58.7 Å². The van der Waals surface area contributed by atoms with Gasteiger partial charge in [-0.2, -0.15) is 0 Å². The van der Waals surface area contributed by atoms with E-state index in [9.17, 15) is 4.79 Å². The van der Waals surface area contributed by atoms with Crippen LogP contribution in [-0.2, 0) is 17.9 Å². The fourth-order valence-corrected chi connectivity index (χ4v) is 4.49. The predicted octanol–water partition coefficient (Wildman–Crippen LogP) is 2.09. The second-order valence-electron chi connectivity index (χ2n) is 8.66. The Morgan fingerprint density at radius 2 is 1.77 bits per heavy atom. The summed E-state index contributed by atoms with van der Waals surface area (Å²) in [6.45, 7) is 9.72. The summed E-state index contributed by atoms with van der Waals surface area (Å²) in [5.41, 5.74) is 2.48. The zero-order valence-corrected chi connectivity index (χ0v) is 18.2.